The van der Waals surface area contributed by atoms with Crippen LogP contribution in [0.15, 0.2) is 71.9 Å². The zero-order chi connectivity index (χ0) is 21.9. The first-order chi connectivity index (χ1) is 13.9. The van der Waals surface area contributed by atoms with Crippen molar-refractivity contribution in [3.05, 3.63) is 71.9 Å². The Morgan fingerprint density at radius 3 is 2.55 bits per heavy atom. The molecule has 0 aliphatic heterocycles. The minimum Gasteiger partial charge on any atom is -0.0988 e. The fraction of sp³-hybridized carbons (Fsp3) is 0.586. The lowest BCUT2D eigenvalue weighted by atomic mass is 9.69. The van der Waals surface area contributed by atoms with Crippen LogP contribution in [0.4, 0.5) is 0 Å². The molecular formula is C29H46. The van der Waals surface area contributed by atoms with Crippen molar-refractivity contribution in [3.8, 4) is 0 Å². The van der Waals surface area contributed by atoms with Crippen LogP contribution < -0.4 is 0 Å². The molecule has 162 valence electrons. The lowest BCUT2D eigenvalue weighted by molar-refractivity contribution is 0.291. The Kier molecular flexibility index (Phi) is 11.3. The summed E-state index contributed by atoms with van der Waals surface area (Å²) in [7, 11) is 0. The zero-order valence-electron chi connectivity index (χ0n) is 20.3. The normalized spacial score (nSPS) is 22.3. The van der Waals surface area contributed by atoms with Gasteiger partial charge in [-0.05, 0) is 80.8 Å². The van der Waals surface area contributed by atoms with Crippen molar-refractivity contribution in [1.29, 1.82) is 0 Å². The number of rotatable bonds is 12. The summed E-state index contributed by atoms with van der Waals surface area (Å²) in [6.45, 7) is 20.1. The summed E-state index contributed by atoms with van der Waals surface area (Å²) in [6.07, 6.45) is 25.7. The molecule has 0 nitrogen and oxygen atoms in total. The summed E-state index contributed by atoms with van der Waals surface area (Å²) in [4.78, 5) is 0. The van der Waals surface area contributed by atoms with Crippen LogP contribution in [-0.2, 0) is 0 Å². The van der Waals surface area contributed by atoms with Crippen LogP contribution in [0.1, 0.15) is 87.0 Å². The molecule has 0 N–H and O–H groups in total. The van der Waals surface area contributed by atoms with E-state index in [4.69, 9.17) is 0 Å². The van der Waals surface area contributed by atoms with Gasteiger partial charge < -0.3 is 0 Å². The molecule has 0 heterocycles. The molecule has 0 fully saturated rings. The number of hydrogen-bond donors (Lipinski definition) is 0. The molecule has 4 atom stereocenters. The van der Waals surface area contributed by atoms with Crippen molar-refractivity contribution in [1.82, 2.24) is 0 Å². The van der Waals surface area contributed by atoms with E-state index in [-0.39, 0.29) is 5.41 Å². The Morgan fingerprint density at radius 1 is 1.28 bits per heavy atom. The van der Waals surface area contributed by atoms with E-state index in [0.29, 0.717) is 17.8 Å². The number of unbranched alkanes of at least 4 members (excludes halogenated alkanes) is 1. The molecule has 4 unspecified atom stereocenters. The van der Waals surface area contributed by atoms with Gasteiger partial charge in [-0.2, -0.15) is 0 Å². The predicted molar refractivity (Wildman–Crippen MR) is 133 cm³/mol. The molecule has 29 heavy (non-hydrogen) atoms. The highest BCUT2D eigenvalue weighted by Gasteiger charge is 2.31. The molecule has 0 aromatic carbocycles. The van der Waals surface area contributed by atoms with Gasteiger partial charge in [0, 0.05) is 0 Å². The Hall–Kier alpha value is -1.56. The van der Waals surface area contributed by atoms with E-state index in [0.717, 1.165) is 6.42 Å². The fourth-order valence-electron chi connectivity index (χ4n) is 4.61. The second-order valence-corrected chi connectivity index (χ2v) is 9.07. The Morgan fingerprint density at radius 2 is 2.00 bits per heavy atom. The van der Waals surface area contributed by atoms with E-state index in [2.05, 4.69) is 104 Å². The van der Waals surface area contributed by atoms with Crippen molar-refractivity contribution in [2.45, 2.75) is 87.0 Å². The Labute approximate surface area is 182 Å². The summed E-state index contributed by atoms with van der Waals surface area (Å²) < 4.78 is 0. The quantitative estimate of drug-likeness (QED) is 0.228. The molecule has 0 aromatic heterocycles. The summed E-state index contributed by atoms with van der Waals surface area (Å²) >= 11 is 0. The Bertz CT molecular complexity index is 652. The molecule has 0 spiro atoms. The van der Waals surface area contributed by atoms with Gasteiger partial charge >= 0.3 is 0 Å². The molecule has 0 heteroatoms. The highest BCUT2D eigenvalue weighted by Crippen LogP contribution is 2.42. The van der Waals surface area contributed by atoms with Crippen molar-refractivity contribution in [2.24, 2.45) is 23.2 Å². The van der Waals surface area contributed by atoms with Crippen molar-refractivity contribution < 1.29 is 0 Å². The minimum atomic E-state index is 0.250. The maximum atomic E-state index is 4.10. The van der Waals surface area contributed by atoms with Crippen LogP contribution in [0.3, 0.4) is 0 Å². The predicted octanol–water partition coefficient (Wildman–Crippen LogP) is 9.39. The van der Waals surface area contributed by atoms with Crippen LogP contribution >= 0.6 is 0 Å². The largest absolute Gasteiger partial charge is 0.0988 e. The SMILES string of the molecule is C=C/C(=C\C=C/C)C(C)C(CCCC)CC1=CC(C(C)(/C=C\C)CC)CC=C1C. The number of allylic oxidation sites excluding steroid dienone is 11. The molecule has 1 rings (SSSR count). The van der Waals surface area contributed by atoms with Gasteiger partial charge in [0.1, 0.15) is 0 Å². The van der Waals surface area contributed by atoms with Gasteiger partial charge in [0.2, 0.25) is 0 Å². The third kappa shape index (κ3) is 7.32. The van der Waals surface area contributed by atoms with Crippen LogP contribution in [0.25, 0.3) is 0 Å². The van der Waals surface area contributed by atoms with Crippen molar-refractivity contribution in [3.63, 3.8) is 0 Å². The lowest BCUT2D eigenvalue weighted by Crippen LogP contribution is -2.25. The monoisotopic (exact) mass is 394 g/mol. The van der Waals surface area contributed by atoms with Crippen LogP contribution in [0, 0.1) is 23.2 Å². The van der Waals surface area contributed by atoms with Gasteiger partial charge in [-0.1, -0.05) is 101 Å². The van der Waals surface area contributed by atoms with Gasteiger partial charge in [-0.3, -0.25) is 0 Å². The second-order valence-electron chi connectivity index (χ2n) is 9.07. The lowest BCUT2D eigenvalue weighted by Gasteiger charge is -2.36. The Balaban J connectivity index is 3.18. The van der Waals surface area contributed by atoms with Gasteiger partial charge in [0.25, 0.3) is 0 Å². The smallest absolute Gasteiger partial charge is 0.00833 e. The van der Waals surface area contributed by atoms with Gasteiger partial charge in [-0.25, -0.2) is 0 Å². The first kappa shape index (κ1) is 25.5. The first-order valence-electron chi connectivity index (χ1n) is 11.8. The summed E-state index contributed by atoms with van der Waals surface area (Å²) in [5.74, 6) is 1.78. The standard InChI is InChI=1S/C29H46/c1-9-14-16-25(12-4)24(7)26(17-15-10-2)21-27-22-28(19-18-23(27)6)29(8,13-5)20-11-3/h9,11-12,14,16,18,20,22,24,26,28H,4,10,13,15,17,19,21H2,1-3,5-8H3/b14-9-,20-11-,25-16+. The average molecular weight is 395 g/mol. The van der Waals surface area contributed by atoms with E-state index in [1.807, 2.05) is 0 Å². The van der Waals surface area contributed by atoms with Gasteiger partial charge in [0.15, 0.2) is 0 Å². The first-order valence-corrected chi connectivity index (χ1v) is 11.8. The molecule has 0 saturated carbocycles. The summed E-state index contributed by atoms with van der Waals surface area (Å²) in [6, 6.07) is 0. The molecular weight excluding hydrogens is 348 g/mol. The van der Waals surface area contributed by atoms with Crippen LogP contribution in [0.5, 0.6) is 0 Å². The zero-order valence-corrected chi connectivity index (χ0v) is 20.3. The molecule has 0 saturated heterocycles. The second kappa shape index (κ2) is 12.9. The van der Waals surface area contributed by atoms with Crippen LogP contribution in [0.2, 0.25) is 0 Å². The highest BCUT2D eigenvalue weighted by molar-refractivity contribution is 5.35. The highest BCUT2D eigenvalue weighted by atomic mass is 14.4. The molecule has 0 bridgehead atoms. The van der Waals surface area contributed by atoms with E-state index in [1.54, 1.807) is 5.57 Å². The molecule has 1 aliphatic carbocycles. The molecule has 0 aromatic rings. The topological polar surface area (TPSA) is 0 Å². The molecule has 0 amide bonds. The molecule has 0 radical (unpaired) electrons. The minimum absolute atomic E-state index is 0.250. The number of hydrogen-bond acceptors (Lipinski definition) is 0. The van der Waals surface area contributed by atoms with E-state index >= 15 is 0 Å². The summed E-state index contributed by atoms with van der Waals surface area (Å²) in [5.41, 5.74) is 4.69. The third-order valence-corrected chi connectivity index (χ3v) is 7.10. The average Bonchev–Trinajstić information content (AvgIpc) is 2.72. The van der Waals surface area contributed by atoms with Crippen LogP contribution in [-0.4, -0.2) is 0 Å². The maximum Gasteiger partial charge on any atom is -0.00833 e. The fourth-order valence-corrected chi connectivity index (χ4v) is 4.61. The van der Waals surface area contributed by atoms with Crippen molar-refractivity contribution in [2.75, 3.05) is 0 Å². The van der Waals surface area contributed by atoms with Gasteiger partial charge in [0.05, 0.1) is 0 Å². The van der Waals surface area contributed by atoms with E-state index < -0.39 is 0 Å². The van der Waals surface area contributed by atoms with Crippen molar-refractivity contribution >= 4 is 0 Å². The third-order valence-electron chi connectivity index (χ3n) is 7.10. The molecule has 1 aliphatic rings. The van der Waals surface area contributed by atoms with E-state index in [9.17, 15) is 0 Å². The maximum absolute atomic E-state index is 4.10. The van der Waals surface area contributed by atoms with Gasteiger partial charge in [-0.15, -0.1) is 0 Å². The van der Waals surface area contributed by atoms with E-state index in [1.165, 1.54) is 43.3 Å². The summed E-state index contributed by atoms with van der Waals surface area (Å²) in [5, 5.41) is 0.